The van der Waals surface area contributed by atoms with E-state index >= 15 is 0 Å². The molecule has 2 saturated heterocycles. The molecule has 132 valence electrons. The van der Waals surface area contributed by atoms with Crippen molar-refractivity contribution in [1.29, 1.82) is 0 Å². The van der Waals surface area contributed by atoms with Crippen LogP contribution in [0.3, 0.4) is 0 Å². The van der Waals surface area contributed by atoms with Gasteiger partial charge in [-0.15, -0.1) is 0 Å². The van der Waals surface area contributed by atoms with Crippen LogP contribution in [0.25, 0.3) is 0 Å². The van der Waals surface area contributed by atoms with E-state index < -0.39 is 0 Å². The van der Waals surface area contributed by atoms with Gasteiger partial charge in [-0.3, -0.25) is 14.3 Å². The van der Waals surface area contributed by atoms with Crippen molar-refractivity contribution in [2.45, 2.75) is 25.7 Å². The third-order valence-electron chi connectivity index (χ3n) is 5.33. The number of aromatic nitrogens is 2. The van der Waals surface area contributed by atoms with Crippen molar-refractivity contribution in [2.24, 2.45) is 12.5 Å². The van der Waals surface area contributed by atoms with Crippen molar-refractivity contribution in [3.8, 4) is 0 Å². The SMILES string of the molecule is COCCN1CC[C@]2(CCCN(C(=O)c3ccn(C)n3)CC2)C1=O. The predicted molar refractivity (Wildman–Crippen MR) is 88.5 cm³/mol. The fraction of sp³-hybridized carbons (Fsp3) is 0.706. The number of nitrogens with zero attached hydrogens (tertiary/aromatic N) is 4. The molecular weight excluding hydrogens is 308 g/mol. The van der Waals surface area contributed by atoms with Gasteiger partial charge in [-0.1, -0.05) is 0 Å². The van der Waals surface area contributed by atoms with Gasteiger partial charge in [0.15, 0.2) is 0 Å². The van der Waals surface area contributed by atoms with Crippen LogP contribution in [-0.2, 0) is 16.6 Å². The summed E-state index contributed by atoms with van der Waals surface area (Å²) in [5.74, 6) is 0.209. The van der Waals surface area contributed by atoms with Gasteiger partial charge in [0.1, 0.15) is 5.69 Å². The van der Waals surface area contributed by atoms with Crippen LogP contribution in [0.5, 0.6) is 0 Å². The maximum absolute atomic E-state index is 12.8. The number of carbonyl (C=O) groups is 2. The second-order valence-electron chi connectivity index (χ2n) is 6.84. The fourth-order valence-electron chi connectivity index (χ4n) is 3.86. The lowest BCUT2D eigenvalue weighted by molar-refractivity contribution is -0.137. The Kier molecular flexibility index (Phi) is 4.89. The molecule has 3 rings (SSSR count). The zero-order valence-electron chi connectivity index (χ0n) is 14.5. The number of amides is 2. The first-order chi connectivity index (χ1) is 11.6. The molecule has 1 atom stereocenters. The van der Waals surface area contributed by atoms with Crippen molar-refractivity contribution in [2.75, 3.05) is 39.9 Å². The first-order valence-corrected chi connectivity index (χ1v) is 8.63. The predicted octanol–water partition coefficient (Wildman–Crippen LogP) is 0.911. The highest BCUT2D eigenvalue weighted by Crippen LogP contribution is 2.41. The Balaban J connectivity index is 1.65. The average Bonchev–Trinajstić information content (AvgIpc) is 3.05. The molecule has 0 unspecified atom stereocenters. The fourth-order valence-corrected chi connectivity index (χ4v) is 3.86. The summed E-state index contributed by atoms with van der Waals surface area (Å²) in [6.07, 6.45) is 5.14. The minimum atomic E-state index is -0.285. The van der Waals surface area contributed by atoms with Gasteiger partial charge in [0.05, 0.1) is 12.0 Å². The molecule has 0 bridgehead atoms. The highest BCUT2D eigenvalue weighted by molar-refractivity contribution is 5.92. The van der Waals surface area contributed by atoms with Crippen molar-refractivity contribution < 1.29 is 14.3 Å². The van der Waals surface area contributed by atoms with E-state index in [-0.39, 0.29) is 17.2 Å². The topological polar surface area (TPSA) is 67.7 Å². The molecule has 7 heteroatoms. The molecule has 0 aromatic carbocycles. The lowest BCUT2D eigenvalue weighted by Crippen LogP contribution is -2.37. The highest BCUT2D eigenvalue weighted by atomic mass is 16.5. The lowest BCUT2D eigenvalue weighted by Gasteiger charge is -2.26. The van der Waals surface area contributed by atoms with Crippen molar-refractivity contribution in [1.82, 2.24) is 19.6 Å². The molecule has 0 saturated carbocycles. The molecule has 2 fully saturated rings. The molecule has 24 heavy (non-hydrogen) atoms. The van der Waals surface area contributed by atoms with Crippen LogP contribution < -0.4 is 0 Å². The minimum absolute atomic E-state index is 0.0330. The Bertz CT molecular complexity index is 615. The van der Waals surface area contributed by atoms with E-state index in [9.17, 15) is 9.59 Å². The first kappa shape index (κ1) is 17.0. The summed E-state index contributed by atoms with van der Waals surface area (Å²) in [4.78, 5) is 29.2. The van der Waals surface area contributed by atoms with Gasteiger partial charge in [-0.05, 0) is 31.7 Å². The molecule has 0 aliphatic carbocycles. The Morgan fingerprint density at radius 2 is 2.08 bits per heavy atom. The second-order valence-corrected chi connectivity index (χ2v) is 6.84. The molecule has 0 radical (unpaired) electrons. The highest BCUT2D eigenvalue weighted by Gasteiger charge is 2.47. The van der Waals surface area contributed by atoms with Crippen LogP contribution in [-0.4, -0.2) is 71.3 Å². The van der Waals surface area contributed by atoms with Crippen LogP contribution >= 0.6 is 0 Å². The normalized spacial score (nSPS) is 24.7. The largest absolute Gasteiger partial charge is 0.383 e. The van der Waals surface area contributed by atoms with Crippen LogP contribution in [0.2, 0.25) is 0 Å². The zero-order valence-corrected chi connectivity index (χ0v) is 14.5. The van der Waals surface area contributed by atoms with Gasteiger partial charge in [0.25, 0.3) is 5.91 Å². The summed E-state index contributed by atoms with van der Waals surface area (Å²) < 4.78 is 6.74. The van der Waals surface area contributed by atoms with Crippen molar-refractivity contribution >= 4 is 11.8 Å². The maximum atomic E-state index is 12.8. The number of hydrogen-bond donors (Lipinski definition) is 0. The number of rotatable bonds is 4. The number of carbonyl (C=O) groups excluding carboxylic acids is 2. The summed E-state index contributed by atoms with van der Waals surface area (Å²) in [5.41, 5.74) is 0.195. The van der Waals surface area contributed by atoms with Gasteiger partial charge in [0.2, 0.25) is 5.91 Å². The minimum Gasteiger partial charge on any atom is -0.383 e. The first-order valence-electron chi connectivity index (χ1n) is 8.63. The third-order valence-corrected chi connectivity index (χ3v) is 5.33. The standard InChI is InChI=1S/C17H26N4O3/c1-19-9-4-14(18-19)15(22)20-8-3-5-17(6-10-20)7-11-21(16(17)23)12-13-24-2/h4,9H,3,5-8,10-13H2,1-2H3/t17-/m1/s1. The molecule has 2 amide bonds. The van der Waals surface area contributed by atoms with E-state index in [1.54, 1.807) is 31.1 Å². The number of hydrogen-bond acceptors (Lipinski definition) is 4. The lowest BCUT2D eigenvalue weighted by atomic mass is 9.79. The Labute approximate surface area is 142 Å². The zero-order chi connectivity index (χ0) is 17.2. The smallest absolute Gasteiger partial charge is 0.274 e. The molecule has 7 nitrogen and oxygen atoms in total. The van der Waals surface area contributed by atoms with Gasteiger partial charge >= 0.3 is 0 Å². The van der Waals surface area contributed by atoms with E-state index in [2.05, 4.69) is 5.10 Å². The molecular formula is C17H26N4O3. The van der Waals surface area contributed by atoms with E-state index in [4.69, 9.17) is 4.74 Å². The van der Waals surface area contributed by atoms with Crippen molar-refractivity contribution in [3.05, 3.63) is 18.0 Å². The van der Waals surface area contributed by atoms with Crippen LogP contribution in [0.1, 0.15) is 36.2 Å². The Morgan fingerprint density at radius 3 is 2.79 bits per heavy atom. The van der Waals surface area contributed by atoms with E-state index in [0.29, 0.717) is 31.9 Å². The van der Waals surface area contributed by atoms with Crippen molar-refractivity contribution in [3.63, 3.8) is 0 Å². The summed E-state index contributed by atoms with van der Waals surface area (Å²) >= 11 is 0. The number of aryl methyl sites for hydroxylation is 1. The molecule has 0 N–H and O–H groups in total. The van der Waals surface area contributed by atoms with E-state index in [1.807, 2.05) is 9.80 Å². The van der Waals surface area contributed by atoms with Crippen LogP contribution in [0.15, 0.2) is 12.3 Å². The average molecular weight is 334 g/mol. The molecule has 2 aliphatic heterocycles. The monoisotopic (exact) mass is 334 g/mol. The maximum Gasteiger partial charge on any atom is 0.274 e. The summed E-state index contributed by atoms with van der Waals surface area (Å²) in [6, 6.07) is 1.75. The van der Waals surface area contributed by atoms with Gasteiger partial charge in [-0.25, -0.2) is 0 Å². The third kappa shape index (κ3) is 3.17. The summed E-state index contributed by atoms with van der Waals surface area (Å²) in [5, 5.41) is 4.20. The number of methoxy groups -OCH3 is 1. The molecule has 3 heterocycles. The molecule has 1 aromatic rings. The van der Waals surface area contributed by atoms with Gasteiger partial charge in [-0.2, -0.15) is 5.10 Å². The van der Waals surface area contributed by atoms with Gasteiger partial charge < -0.3 is 14.5 Å². The second kappa shape index (κ2) is 6.93. The molecule has 1 spiro atoms. The van der Waals surface area contributed by atoms with E-state index in [0.717, 1.165) is 32.2 Å². The molecule has 2 aliphatic rings. The quantitative estimate of drug-likeness (QED) is 0.821. The molecule has 1 aromatic heterocycles. The summed E-state index contributed by atoms with van der Waals surface area (Å²) in [7, 11) is 3.46. The van der Waals surface area contributed by atoms with E-state index in [1.165, 1.54) is 0 Å². The number of likely N-dealkylation sites (tertiary alicyclic amines) is 2. The van der Waals surface area contributed by atoms with Crippen LogP contribution in [0, 0.1) is 5.41 Å². The Hall–Kier alpha value is -1.89. The van der Waals surface area contributed by atoms with Gasteiger partial charge in [0, 0.05) is 46.5 Å². The van der Waals surface area contributed by atoms with Crippen LogP contribution in [0.4, 0.5) is 0 Å². The Morgan fingerprint density at radius 1 is 1.29 bits per heavy atom. The number of ether oxygens (including phenoxy) is 1. The summed E-state index contributed by atoms with van der Waals surface area (Å²) in [6.45, 7) is 3.36.